The number of benzene rings is 1. The molecule has 0 saturated carbocycles. The van der Waals surface area contributed by atoms with Gasteiger partial charge < -0.3 is 4.74 Å². The van der Waals surface area contributed by atoms with E-state index in [4.69, 9.17) is 4.74 Å². The van der Waals surface area contributed by atoms with Gasteiger partial charge in [0.1, 0.15) is 12.9 Å². The summed E-state index contributed by atoms with van der Waals surface area (Å²) in [5.74, 6) is 0.289. The van der Waals surface area contributed by atoms with Gasteiger partial charge in [0.25, 0.3) is 0 Å². The number of hydrogen-bond acceptors (Lipinski definition) is 6. The number of esters is 1. The fourth-order valence-electron chi connectivity index (χ4n) is 1.89. The summed E-state index contributed by atoms with van der Waals surface area (Å²) < 4.78 is 5.17. The van der Waals surface area contributed by atoms with Crippen molar-refractivity contribution in [2.45, 2.75) is 6.42 Å². The Morgan fingerprint density at radius 1 is 1.30 bits per heavy atom. The van der Waals surface area contributed by atoms with Crippen molar-refractivity contribution in [2.75, 3.05) is 6.61 Å². The lowest BCUT2D eigenvalue weighted by Crippen LogP contribution is -2.08. The molecule has 0 bridgehead atoms. The van der Waals surface area contributed by atoms with Crippen molar-refractivity contribution in [2.24, 2.45) is 0 Å². The molecule has 1 aromatic carbocycles. The van der Waals surface area contributed by atoms with Crippen molar-refractivity contribution < 1.29 is 9.53 Å². The van der Waals surface area contributed by atoms with Crippen LogP contribution in [0.5, 0.6) is 0 Å². The van der Waals surface area contributed by atoms with E-state index in [1.807, 2.05) is 47.9 Å². The van der Waals surface area contributed by atoms with Gasteiger partial charge in [0.05, 0.1) is 12.1 Å². The molecule has 0 unspecified atom stereocenters. The van der Waals surface area contributed by atoms with E-state index < -0.39 is 0 Å². The first kappa shape index (κ1) is 15.1. The highest BCUT2D eigenvalue weighted by atomic mass is 32.1. The third-order valence-electron chi connectivity index (χ3n) is 2.95. The number of nitrogens with zero attached hydrogens (tertiary/aromatic N) is 3. The molecule has 0 fully saturated rings. The molecule has 6 nitrogen and oxygen atoms in total. The average Bonchev–Trinajstić information content (AvgIpc) is 3.24. The van der Waals surface area contributed by atoms with E-state index in [2.05, 4.69) is 20.2 Å². The van der Waals surface area contributed by atoms with Gasteiger partial charge in [-0.05, 0) is 11.6 Å². The Kier molecular flexibility index (Phi) is 4.90. The van der Waals surface area contributed by atoms with Crippen molar-refractivity contribution >= 4 is 23.4 Å². The number of nitrogens with one attached hydrogen (secondary N) is 1. The highest BCUT2D eigenvalue weighted by Gasteiger charge is 2.11. The van der Waals surface area contributed by atoms with Crippen LogP contribution >= 0.6 is 11.3 Å². The highest BCUT2D eigenvalue weighted by molar-refractivity contribution is 7.13. The summed E-state index contributed by atoms with van der Waals surface area (Å²) in [5.41, 5.74) is 1.73. The molecule has 0 aliphatic carbocycles. The molecule has 0 saturated heterocycles. The van der Waals surface area contributed by atoms with Gasteiger partial charge in [0.2, 0.25) is 0 Å². The van der Waals surface area contributed by atoms with Crippen LogP contribution in [0.4, 0.5) is 0 Å². The van der Waals surface area contributed by atoms with Crippen LogP contribution in [0.25, 0.3) is 16.9 Å². The number of ether oxygens (including phenoxy) is 1. The number of carbonyl (C=O) groups is 1. The van der Waals surface area contributed by atoms with Crippen LogP contribution in [0.15, 0.2) is 48.1 Å². The fraction of sp³-hybridized carbons (Fsp3) is 0.125. The monoisotopic (exact) mass is 326 g/mol. The Morgan fingerprint density at radius 3 is 2.96 bits per heavy atom. The molecule has 23 heavy (non-hydrogen) atoms. The van der Waals surface area contributed by atoms with E-state index in [9.17, 15) is 4.79 Å². The SMILES string of the molecule is O=C(Cc1csc(-c2ncn[nH]2)n1)OCC=Cc1ccccc1. The quantitative estimate of drug-likeness (QED) is 0.704. The maximum Gasteiger partial charge on any atom is 0.312 e. The number of aromatic amines is 1. The number of carbonyl (C=O) groups excluding carboxylic acids is 1. The summed E-state index contributed by atoms with van der Waals surface area (Å²) in [6, 6.07) is 9.84. The predicted octanol–water partition coefficient (Wildman–Crippen LogP) is 2.73. The minimum Gasteiger partial charge on any atom is -0.461 e. The first-order valence-corrected chi connectivity index (χ1v) is 7.86. The van der Waals surface area contributed by atoms with E-state index in [1.165, 1.54) is 17.7 Å². The summed E-state index contributed by atoms with van der Waals surface area (Å²) in [5, 5.41) is 9.04. The number of H-pyrrole nitrogens is 1. The van der Waals surface area contributed by atoms with Gasteiger partial charge in [0.15, 0.2) is 10.8 Å². The maximum atomic E-state index is 11.8. The second kappa shape index (κ2) is 7.46. The normalized spacial score (nSPS) is 11.0. The van der Waals surface area contributed by atoms with E-state index in [1.54, 1.807) is 0 Å². The smallest absolute Gasteiger partial charge is 0.312 e. The Balaban J connectivity index is 1.47. The van der Waals surface area contributed by atoms with Crippen LogP contribution in [0.1, 0.15) is 11.3 Å². The van der Waals surface area contributed by atoms with Gasteiger partial charge >= 0.3 is 5.97 Å². The number of thiazole rings is 1. The minimum atomic E-state index is -0.308. The topological polar surface area (TPSA) is 80.8 Å². The van der Waals surface area contributed by atoms with Crippen molar-refractivity contribution in [3.63, 3.8) is 0 Å². The Labute approximate surface area is 136 Å². The van der Waals surface area contributed by atoms with Crippen molar-refractivity contribution in [1.82, 2.24) is 20.2 Å². The standard InChI is InChI=1S/C16H14N4O2S/c21-14(22-8-4-7-12-5-2-1-3-6-12)9-13-10-23-16(19-13)15-17-11-18-20-15/h1-7,10-11H,8-9H2,(H,17,18,20). The lowest BCUT2D eigenvalue weighted by Gasteiger charge is -1.99. The van der Waals surface area contributed by atoms with E-state index >= 15 is 0 Å². The van der Waals surface area contributed by atoms with Gasteiger partial charge in [-0.25, -0.2) is 9.97 Å². The van der Waals surface area contributed by atoms with E-state index in [-0.39, 0.29) is 19.0 Å². The molecule has 3 rings (SSSR count). The minimum absolute atomic E-state index is 0.143. The number of rotatable bonds is 6. The summed E-state index contributed by atoms with van der Waals surface area (Å²) in [6.07, 6.45) is 5.29. The molecule has 0 atom stereocenters. The maximum absolute atomic E-state index is 11.8. The fourth-order valence-corrected chi connectivity index (χ4v) is 2.66. The molecule has 2 aromatic heterocycles. The second-order valence-corrected chi connectivity index (χ2v) is 5.51. The summed E-state index contributed by atoms with van der Waals surface area (Å²) in [4.78, 5) is 20.2. The zero-order chi connectivity index (χ0) is 15.9. The zero-order valence-corrected chi connectivity index (χ0v) is 13.0. The van der Waals surface area contributed by atoms with Crippen LogP contribution in [0.2, 0.25) is 0 Å². The molecule has 1 N–H and O–H groups in total. The van der Waals surface area contributed by atoms with Crippen LogP contribution in [-0.4, -0.2) is 32.7 Å². The molecular formula is C16H14N4O2S. The molecule has 0 radical (unpaired) electrons. The Morgan fingerprint density at radius 2 is 2.17 bits per heavy atom. The Hall–Kier alpha value is -2.80. The van der Waals surface area contributed by atoms with Crippen LogP contribution < -0.4 is 0 Å². The summed E-state index contributed by atoms with van der Waals surface area (Å²) in [7, 11) is 0. The summed E-state index contributed by atoms with van der Waals surface area (Å²) >= 11 is 1.41. The third kappa shape index (κ3) is 4.33. The number of hydrogen-bond donors (Lipinski definition) is 1. The van der Waals surface area contributed by atoms with Crippen LogP contribution in [-0.2, 0) is 16.0 Å². The first-order chi connectivity index (χ1) is 11.3. The molecule has 3 aromatic rings. The van der Waals surface area contributed by atoms with Gasteiger partial charge in [-0.3, -0.25) is 9.89 Å². The molecule has 0 aliphatic heterocycles. The average molecular weight is 326 g/mol. The summed E-state index contributed by atoms with van der Waals surface area (Å²) in [6.45, 7) is 0.243. The molecular weight excluding hydrogens is 312 g/mol. The molecule has 0 amide bonds. The lowest BCUT2D eigenvalue weighted by molar-refractivity contribution is -0.141. The van der Waals surface area contributed by atoms with Gasteiger partial charge in [-0.2, -0.15) is 5.10 Å². The number of aromatic nitrogens is 4. The lowest BCUT2D eigenvalue weighted by atomic mass is 10.2. The van der Waals surface area contributed by atoms with Crippen molar-refractivity contribution in [1.29, 1.82) is 0 Å². The largest absolute Gasteiger partial charge is 0.461 e. The van der Waals surface area contributed by atoms with Crippen molar-refractivity contribution in [3.8, 4) is 10.8 Å². The first-order valence-electron chi connectivity index (χ1n) is 6.98. The zero-order valence-electron chi connectivity index (χ0n) is 12.2. The van der Waals surface area contributed by atoms with Gasteiger partial charge in [-0.15, -0.1) is 11.3 Å². The molecule has 0 aliphatic rings. The van der Waals surface area contributed by atoms with Crippen LogP contribution in [0, 0.1) is 0 Å². The molecule has 0 spiro atoms. The Bertz CT molecular complexity index is 782. The van der Waals surface area contributed by atoms with Crippen LogP contribution in [0.3, 0.4) is 0 Å². The predicted molar refractivity (Wildman–Crippen MR) is 87.6 cm³/mol. The molecule has 7 heteroatoms. The molecule has 116 valence electrons. The van der Waals surface area contributed by atoms with E-state index in [0.717, 1.165) is 5.56 Å². The molecule has 2 heterocycles. The van der Waals surface area contributed by atoms with E-state index in [0.29, 0.717) is 16.5 Å². The second-order valence-electron chi connectivity index (χ2n) is 4.65. The van der Waals surface area contributed by atoms with Gasteiger partial charge in [0, 0.05) is 5.38 Å². The van der Waals surface area contributed by atoms with Gasteiger partial charge in [-0.1, -0.05) is 36.4 Å². The van der Waals surface area contributed by atoms with Crippen molar-refractivity contribution in [3.05, 3.63) is 59.4 Å². The highest BCUT2D eigenvalue weighted by Crippen LogP contribution is 2.19. The third-order valence-corrected chi connectivity index (χ3v) is 3.84.